The molecule has 0 spiro atoms. The van der Waals surface area contributed by atoms with Crippen LogP contribution in [-0.4, -0.2) is 69.2 Å². The maximum Gasteiger partial charge on any atom is 0.306 e. The molecule has 0 aliphatic carbocycles. The number of nitriles is 1. The van der Waals surface area contributed by atoms with Crippen LogP contribution in [0.25, 0.3) is 0 Å². The number of hydrogen-bond acceptors (Lipinski definition) is 6. The Morgan fingerprint density at radius 1 is 1.40 bits per heavy atom. The molecule has 1 fully saturated rings. The summed E-state index contributed by atoms with van der Waals surface area (Å²) in [5.74, 6) is -5.08. The van der Waals surface area contributed by atoms with Gasteiger partial charge in [0.05, 0.1) is 18.5 Å². The third-order valence-electron chi connectivity index (χ3n) is 3.62. The fourth-order valence-corrected chi connectivity index (χ4v) is 2.25. The van der Waals surface area contributed by atoms with Crippen LogP contribution in [0.5, 0.6) is 0 Å². The Labute approximate surface area is 118 Å². The minimum absolute atomic E-state index is 0.0863. The van der Waals surface area contributed by atoms with Crippen molar-refractivity contribution in [1.29, 1.82) is 5.26 Å². The first-order valence-corrected chi connectivity index (χ1v) is 6.59. The van der Waals surface area contributed by atoms with Crippen LogP contribution in [0.2, 0.25) is 0 Å². The minimum atomic E-state index is -3.01. The number of amides is 1. The van der Waals surface area contributed by atoms with Crippen molar-refractivity contribution in [2.75, 3.05) is 19.6 Å². The van der Waals surface area contributed by atoms with Gasteiger partial charge in [0, 0.05) is 32.6 Å². The first kappa shape index (κ1) is 16.6. The highest BCUT2D eigenvalue weighted by atomic mass is 16.5. The van der Waals surface area contributed by atoms with E-state index >= 15 is 0 Å². The topological polar surface area (TPSA) is 105 Å². The second-order valence-corrected chi connectivity index (χ2v) is 5.33. The maximum atomic E-state index is 12.1. The lowest BCUT2D eigenvalue weighted by molar-refractivity contribution is -0.200. The third-order valence-corrected chi connectivity index (χ3v) is 3.62. The normalized spacial score (nSPS) is 20.9. The number of aliphatic hydroxyl groups is 2. The molecule has 1 aliphatic heterocycles. The van der Waals surface area contributed by atoms with E-state index in [1.54, 1.807) is 0 Å². The predicted octanol–water partition coefficient (Wildman–Crippen LogP) is -0.909. The lowest BCUT2D eigenvalue weighted by Crippen LogP contribution is -2.62. The number of ketones is 1. The molecule has 7 heteroatoms. The van der Waals surface area contributed by atoms with E-state index in [0.717, 1.165) is 6.92 Å². The SMILES string of the molecule is CC(=O)C(O)(O)C(=O)N1CCN(C(C)C)CC1CC#N. The molecule has 1 heterocycles. The van der Waals surface area contributed by atoms with Gasteiger partial charge in [0.15, 0.2) is 5.78 Å². The summed E-state index contributed by atoms with van der Waals surface area (Å²) in [6.45, 7) is 6.28. The first-order chi connectivity index (χ1) is 9.21. The zero-order valence-electron chi connectivity index (χ0n) is 12.0. The van der Waals surface area contributed by atoms with Crippen LogP contribution in [-0.2, 0) is 9.59 Å². The van der Waals surface area contributed by atoms with E-state index in [0.29, 0.717) is 13.1 Å². The highest BCUT2D eigenvalue weighted by Gasteiger charge is 2.45. The monoisotopic (exact) mass is 283 g/mol. The molecule has 1 unspecified atom stereocenters. The van der Waals surface area contributed by atoms with Crippen molar-refractivity contribution in [3.8, 4) is 6.07 Å². The summed E-state index contributed by atoms with van der Waals surface area (Å²) in [5, 5.41) is 28.0. The van der Waals surface area contributed by atoms with Crippen LogP contribution in [0.1, 0.15) is 27.2 Å². The molecule has 0 aromatic heterocycles. The summed E-state index contributed by atoms with van der Waals surface area (Å²) in [4.78, 5) is 26.6. The number of rotatable bonds is 4. The molecule has 1 aliphatic rings. The number of carbonyl (C=O) groups excluding carboxylic acids is 2. The van der Waals surface area contributed by atoms with Crippen LogP contribution in [0.15, 0.2) is 0 Å². The molecule has 0 saturated carbocycles. The van der Waals surface area contributed by atoms with Crippen molar-refractivity contribution < 1.29 is 19.8 Å². The van der Waals surface area contributed by atoms with Gasteiger partial charge in [0.25, 0.3) is 5.91 Å². The molecule has 0 radical (unpaired) electrons. The molecule has 1 atom stereocenters. The van der Waals surface area contributed by atoms with Crippen molar-refractivity contribution in [2.45, 2.75) is 45.1 Å². The predicted molar refractivity (Wildman–Crippen MR) is 70.3 cm³/mol. The van der Waals surface area contributed by atoms with E-state index in [-0.39, 0.29) is 19.0 Å². The molecule has 2 N–H and O–H groups in total. The van der Waals surface area contributed by atoms with Gasteiger partial charge in [-0.3, -0.25) is 14.5 Å². The van der Waals surface area contributed by atoms with Crippen molar-refractivity contribution >= 4 is 11.7 Å². The van der Waals surface area contributed by atoms with Crippen LogP contribution in [0.3, 0.4) is 0 Å². The van der Waals surface area contributed by atoms with E-state index in [1.165, 1.54) is 4.90 Å². The summed E-state index contributed by atoms with van der Waals surface area (Å²) in [7, 11) is 0. The Kier molecular flexibility index (Phi) is 5.22. The van der Waals surface area contributed by atoms with Gasteiger partial charge in [-0.05, 0) is 13.8 Å². The summed E-state index contributed by atoms with van der Waals surface area (Å²) in [6, 6.07) is 1.82. The zero-order valence-corrected chi connectivity index (χ0v) is 12.0. The molecule has 7 nitrogen and oxygen atoms in total. The number of carbonyl (C=O) groups is 2. The lowest BCUT2D eigenvalue weighted by atomic mass is 10.0. The van der Waals surface area contributed by atoms with Gasteiger partial charge in [0.1, 0.15) is 0 Å². The molecule has 1 amide bonds. The fourth-order valence-electron chi connectivity index (χ4n) is 2.25. The number of nitrogens with zero attached hydrogens (tertiary/aromatic N) is 3. The zero-order chi connectivity index (χ0) is 15.5. The molecule has 1 rings (SSSR count). The van der Waals surface area contributed by atoms with E-state index in [4.69, 9.17) is 5.26 Å². The van der Waals surface area contributed by atoms with Crippen LogP contribution < -0.4 is 0 Å². The third kappa shape index (κ3) is 3.33. The molecule has 0 aromatic carbocycles. The molecule has 1 saturated heterocycles. The number of hydrogen-bond donors (Lipinski definition) is 2. The molecule has 0 bridgehead atoms. The van der Waals surface area contributed by atoms with Crippen LogP contribution in [0.4, 0.5) is 0 Å². The van der Waals surface area contributed by atoms with Gasteiger partial charge < -0.3 is 15.1 Å². The van der Waals surface area contributed by atoms with Crippen molar-refractivity contribution in [3.05, 3.63) is 0 Å². The van der Waals surface area contributed by atoms with Crippen molar-refractivity contribution in [2.24, 2.45) is 0 Å². The van der Waals surface area contributed by atoms with Gasteiger partial charge in [0.2, 0.25) is 0 Å². The Morgan fingerprint density at radius 2 is 2.00 bits per heavy atom. The van der Waals surface area contributed by atoms with Gasteiger partial charge in [-0.1, -0.05) is 0 Å². The lowest BCUT2D eigenvalue weighted by Gasteiger charge is -2.43. The highest BCUT2D eigenvalue weighted by molar-refractivity contribution is 6.06. The summed E-state index contributed by atoms with van der Waals surface area (Å²) in [6.07, 6.45) is 0.0863. The molecule has 20 heavy (non-hydrogen) atoms. The quantitative estimate of drug-likeness (QED) is 0.511. The Morgan fingerprint density at radius 3 is 2.45 bits per heavy atom. The molecular formula is C13H21N3O4. The largest absolute Gasteiger partial charge is 0.352 e. The van der Waals surface area contributed by atoms with Gasteiger partial charge in [-0.25, -0.2) is 0 Å². The number of Topliss-reactive ketones (excluding diaryl/α,β-unsaturated/α-hetero) is 1. The molecular weight excluding hydrogens is 262 g/mol. The summed E-state index contributed by atoms with van der Waals surface area (Å²) >= 11 is 0. The first-order valence-electron chi connectivity index (χ1n) is 6.59. The van der Waals surface area contributed by atoms with Gasteiger partial charge >= 0.3 is 5.79 Å². The maximum absolute atomic E-state index is 12.1. The summed E-state index contributed by atoms with van der Waals surface area (Å²) < 4.78 is 0. The Hall–Kier alpha value is -1.49. The van der Waals surface area contributed by atoms with E-state index in [9.17, 15) is 19.8 Å². The smallest absolute Gasteiger partial charge is 0.306 e. The van der Waals surface area contributed by atoms with Crippen LogP contribution >= 0.6 is 0 Å². The highest BCUT2D eigenvalue weighted by Crippen LogP contribution is 2.19. The molecule has 112 valence electrons. The average molecular weight is 283 g/mol. The Bertz CT molecular complexity index is 428. The number of piperazine rings is 1. The van der Waals surface area contributed by atoms with E-state index < -0.39 is 23.5 Å². The van der Waals surface area contributed by atoms with E-state index in [2.05, 4.69) is 4.90 Å². The van der Waals surface area contributed by atoms with E-state index in [1.807, 2.05) is 19.9 Å². The minimum Gasteiger partial charge on any atom is -0.352 e. The fraction of sp³-hybridized carbons (Fsp3) is 0.769. The van der Waals surface area contributed by atoms with Crippen LogP contribution in [0, 0.1) is 11.3 Å². The van der Waals surface area contributed by atoms with Crippen molar-refractivity contribution in [3.63, 3.8) is 0 Å². The summed E-state index contributed by atoms with van der Waals surface area (Å²) in [5.41, 5.74) is 0. The second kappa shape index (κ2) is 6.31. The standard InChI is InChI=1S/C13H21N3O4/c1-9(2)15-6-7-16(11(8-15)4-5-14)12(18)13(19,20)10(3)17/h9,11,19-20H,4,6-8H2,1-3H3. The molecule has 0 aromatic rings. The second-order valence-electron chi connectivity index (χ2n) is 5.33. The van der Waals surface area contributed by atoms with Crippen molar-refractivity contribution in [1.82, 2.24) is 9.80 Å². The Balaban J connectivity index is 2.91. The average Bonchev–Trinajstić information content (AvgIpc) is 2.37. The van der Waals surface area contributed by atoms with Gasteiger partial charge in [-0.15, -0.1) is 0 Å². The van der Waals surface area contributed by atoms with Gasteiger partial charge in [-0.2, -0.15) is 5.26 Å².